The molecular weight excluding hydrogens is 389 g/mol. The summed E-state index contributed by atoms with van der Waals surface area (Å²) >= 11 is 0. The molecule has 1 aliphatic heterocycles. The average Bonchev–Trinajstić information content (AvgIpc) is 2.71. The number of amides is 1. The van der Waals surface area contributed by atoms with Gasteiger partial charge in [0.2, 0.25) is 5.91 Å². The van der Waals surface area contributed by atoms with Crippen LogP contribution in [-0.2, 0) is 20.9 Å². The second kappa shape index (κ2) is 8.90. The number of carboxylic acid groups (broad SMARTS) is 1. The molecule has 1 aliphatic rings. The van der Waals surface area contributed by atoms with E-state index in [-0.39, 0.29) is 42.2 Å². The van der Waals surface area contributed by atoms with E-state index in [0.29, 0.717) is 11.3 Å². The van der Waals surface area contributed by atoms with E-state index < -0.39 is 23.7 Å². The Labute approximate surface area is 173 Å². The Bertz CT molecular complexity index is 1010. The van der Waals surface area contributed by atoms with E-state index in [2.05, 4.69) is 0 Å². The molecule has 1 N–H and O–H groups in total. The lowest BCUT2D eigenvalue weighted by Crippen LogP contribution is -2.38. The first kappa shape index (κ1) is 21.2. The second-order valence-corrected chi connectivity index (χ2v) is 6.98. The molecular formula is C23H22FNO5. The van der Waals surface area contributed by atoms with Gasteiger partial charge in [-0.15, -0.1) is 0 Å². The largest absolute Gasteiger partial charge is 0.478 e. The molecule has 0 saturated carbocycles. The lowest BCUT2D eigenvalue weighted by molar-refractivity contribution is -0.140. The third-order valence-electron chi connectivity index (χ3n) is 5.14. The van der Waals surface area contributed by atoms with E-state index in [0.717, 1.165) is 0 Å². The van der Waals surface area contributed by atoms with Gasteiger partial charge in [-0.25, -0.2) is 14.0 Å². The number of benzene rings is 2. The Hall–Kier alpha value is -3.48. The number of aromatic carboxylic acids is 1. The summed E-state index contributed by atoms with van der Waals surface area (Å²) in [5.41, 5.74) is 1.78. The number of ether oxygens (including phenoxy) is 1. The van der Waals surface area contributed by atoms with E-state index in [1.54, 1.807) is 44.2 Å². The molecule has 0 spiro atoms. The lowest BCUT2D eigenvalue weighted by Gasteiger charge is -2.34. The molecule has 30 heavy (non-hydrogen) atoms. The Morgan fingerprint density at radius 1 is 1.17 bits per heavy atom. The van der Waals surface area contributed by atoms with Gasteiger partial charge in [-0.2, -0.15) is 0 Å². The zero-order valence-electron chi connectivity index (χ0n) is 16.7. The summed E-state index contributed by atoms with van der Waals surface area (Å²) in [7, 11) is 0. The molecule has 1 atom stereocenters. The maximum Gasteiger partial charge on any atom is 0.336 e. The standard InChI is InChI=1S/C23H22FNO5/c1-3-30-23(29)21-14(2)25(13-15-8-10-16(11-9-15)22(27)28)20(26)12-18(21)17-6-4-5-7-19(17)24/h4-11,18H,3,12-13H2,1-2H3,(H,27,28). The number of hydrogen-bond acceptors (Lipinski definition) is 4. The molecule has 7 heteroatoms. The van der Waals surface area contributed by atoms with Crippen LogP contribution in [0.25, 0.3) is 0 Å². The van der Waals surface area contributed by atoms with Crippen molar-refractivity contribution in [2.75, 3.05) is 6.61 Å². The summed E-state index contributed by atoms with van der Waals surface area (Å²) in [6, 6.07) is 12.2. The maximum atomic E-state index is 14.5. The van der Waals surface area contributed by atoms with Crippen molar-refractivity contribution in [1.82, 2.24) is 4.90 Å². The number of rotatable bonds is 6. The maximum absolute atomic E-state index is 14.5. The van der Waals surface area contributed by atoms with E-state index >= 15 is 0 Å². The summed E-state index contributed by atoms with van der Waals surface area (Å²) < 4.78 is 19.6. The third-order valence-corrected chi connectivity index (χ3v) is 5.14. The molecule has 0 bridgehead atoms. The van der Waals surface area contributed by atoms with Gasteiger partial charge in [0.05, 0.1) is 24.3 Å². The van der Waals surface area contributed by atoms with Crippen LogP contribution in [0.2, 0.25) is 0 Å². The van der Waals surface area contributed by atoms with Crippen molar-refractivity contribution in [1.29, 1.82) is 0 Å². The normalized spacial score (nSPS) is 16.6. The van der Waals surface area contributed by atoms with E-state index in [1.165, 1.54) is 23.1 Å². The highest BCUT2D eigenvalue weighted by atomic mass is 19.1. The van der Waals surface area contributed by atoms with Gasteiger partial charge < -0.3 is 14.7 Å². The highest BCUT2D eigenvalue weighted by molar-refractivity contribution is 5.96. The second-order valence-electron chi connectivity index (χ2n) is 6.98. The predicted octanol–water partition coefficient (Wildman–Crippen LogP) is 3.88. The van der Waals surface area contributed by atoms with Crippen LogP contribution in [0.5, 0.6) is 0 Å². The molecule has 6 nitrogen and oxygen atoms in total. The van der Waals surface area contributed by atoms with Crippen LogP contribution in [0.3, 0.4) is 0 Å². The SMILES string of the molecule is CCOC(=O)C1=C(C)N(Cc2ccc(C(=O)O)cc2)C(=O)CC1c1ccccc1F. The minimum atomic E-state index is -1.04. The van der Waals surface area contributed by atoms with E-state index in [4.69, 9.17) is 9.84 Å². The molecule has 0 saturated heterocycles. The number of carbonyl (C=O) groups is 3. The first-order valence-corrected chi connectivity index (χ1v) is 9.58. The Morgan fingerprint density at radius 2 is 1.83 bits per heavy atom. The molecule has 3 rings (SSSR count). The molecule has 1 amide bonds. The number of allylic oxidation sites excluding steroid dienone is 1. The molecule has 156 valence electrons. The fourth-order valence-electron chi connectivity index (χ4n) is 3.64. The summed E-state index contributed by atoms with van der Waals surface area (Å²) in [5.74, 6) is -3.09. The summed E-state index contributed by atoms with van der Waals surface area (Å²) in [6.07, 6.45) is -0.0698. The fraction of sp³-hybridized carbons (Fsp3) is 0.261. The highest BCUT2D eigenvalue weighted by Crippen LogP contribution is 2.38. The van der Waals surface area contributed by atoms with Crippen molar-refractivity contribution in [3.05, 3.63) is 82.3 Å². The molecule has 2 aromatic carbocycles. The summed E-state index contributed by atoms with van der Waals surface area (Å²) in [6.45, 7) is 3.64. The number of carbonyl (C=O) groups excluding carboxylic acids is 2. The van der Waals surface area contributed by atoms with Crippen LogP contribution in [-0.4, -0.2) is 34.5 Å². The first-order valence-electron chi connectivity index (χ1n) is 9.58. The monoisotopic (exact) mass is 411 g/mol. The van der Waals surface area contributed by atoms with Gasteiger partial charge in [0.15, 0.2) is 0 Å². The quantitative estimate of drug-likeness (QED) is 0.730. The van der Waals surface area contributed by atoms with Crippen molar-refractivity contribution >= 4 is 17.8 Å². The van der Waals surface area contributed by atoms with Gasteiger partial charge in [-0.1, -0.05) is 30.3 Å². The van der Waals surface area contributed by atoms with Crippen molar-refractivity contribution in [3.8, 4) is 0 Å². The molecule has 2 aromatic rings. The number of halogens is 1. The molecule has 0 aromatic heterocycles. The number of carboxylic acids is 1. The van der Waals surface area contributed by atoms with Crippen LogP contribution >= 0.6 is 0 Å². The van der Waals surface area contributed by atoms with Gasteiger partial charge in [0, 0.05) is 18.0 Å². The van der Waals surface area contributed by atoms with Crippen molar-refractivity contribution in [2.45, 2.75) is 32.7 Å². The summed E-state index contributed by atoms with van der Waals surface area (Å²) in [5, 5.41) is 9.03. The smallest absolute Gasteiger partial charge is 0.336 e. The van der Waals surface area contributed by atoms with Gasteiger partial charge >= 0.3 is 11.9 Å². The average molecular weight is 411 g/mol. The minimum absolute atomic E-state index is 0.0698. The minimum Gasteiger partial charge on any atom is -0.478 e. The molecule has 0 fully saturated rings. The van der Waals surface area contributed by atoms with Crippen LogP contribution in [0.15, 0.2) is 59.8 Å². The first-order chi connectivity index (χ1) is 14.3. The lowest BCUT2D eigenvalue weighted by atomic mass is 9.83. The Balaban J connectivity index is 2.00. The number of hydrogen-bond donors (Lipinski definition) is 1. The number of nitrogens with zero attached hydrogens (tertiary/aromatic N) is 1. The van der Waals surface area contributed by atoms with Gasteiger partial charge in [0.25, 0.3) is 0 Å². The van der Waals surface area contributed by atoms with Crippen LogP contribution < -0.4 is 0 Å². The Kier molecular flexibility index (Phi) is 6.30. The Morgan fingerprint density at radius 3 is 2.43 bits per heavy atom. The third kappa shape index (κ3) is 4.25. The predicted molar refractivity (Wildman–Crippen MR) is 107 cm³/mol. The van der Waals surface area contributed by atoms with Crippen LogP contribution in [0.4, 0.5) is 4.39 Å². The molecule has 1 unspecified atom stereocenters. The molecule has 1 heterocycles. The zero-order valence-corrected chi connectivity index (χ0v) is 16.7. The van der Waals surface area contributed by atoms with Gasteiger partial charge in [0.1, 0.15) is 5.82 Å². The zero-order chi connectivity index (χ0) is 21.8. The highest BCUT2D eigenvalue weighted by Gasteiger charge is 2.37. The van der Waals surface area contributed by atoms with Crippen molar-refractivity contribution < 1.29 is 28.6 Å². The van der Waals surface area contributed by atoms with Crippen molar-refractivity contribution in [3.63, 3.8) is 0 Å². The molecule has 0 radical (unpaired) electrons. The van der Waals surface area contributed by atoms with Gasteiger partial charge in [-0.3, -0.25) is 4.79 Å². The molecule has 0 aliphatic carbocycles. The van der Waals surface area contributed by atoms with Crippen LogP contribution in [0.1, 0.15) is 47.7 Å². The van der Waals surface area contributed by atoms with Crippen LogP contribution in [0, 0.1) is 5.82 Å². The van der Waals surface area contributed by atoms with Gasteiger partial charge in [-0.05, 0) is 43.2 Å². The van der Waals surface area contributed by atoms with Crippen molar-refractivity contribution in [2.24, 2.45) is 0 Å². The van der Waals surface area contributed by atoms with E-state index in [9.17, 15) is 18.8 Å². The fourth-order valence-corrected chi connectivity index (χ4v) is 3.64. The summed E-state index contributed by atoms with van der Waals surface area (Å²) in [4.78, 5) is 38.1. The van der Waals surface area contributed by atoms with E-state index in [1.807, 2.05) is 0 Å². The topological polar surface area (TPSA) is 83.9 Å². The number of esters is 1.